The first-order valence-corrected chi connectivity index (χ1v) is 7.69. The van der Waals surface area contributed by atoms with E-state index in [1.807, 2.05) is 0 Å². The predicted octanol–water partition coefficient (Wildman–Crippen LogP) is 3.99. The molecule has 1 fully saturated rings. The van der Waals surface area contributed by atoms with Crippen molar-refractivity contribution in [1.82, 2.24) is 4.98 Å². The van der Waals surface area contributed by atoms with Crippen LogP contribution in [0.2, 0.25) is 0 Å². The van der Waals surface area contributed by atoms with Gasteiger partial charge in [0.05, 0.1) is 5.52 Å². The quantitative estimate of drug-likeness (QED) is 0.780. The van der Waals surface area contributed by atoms with Gasteiger partial charge in [0.15, 0.2) is 0 Å². The van der Waals surface area contributed by atoms with Gasteiger partial charge >= 0.3 is 0 Å². The Morgan fingerprint density at radius 2 is 2.06 bits per heavy atom. The molecular weight excluding hydrogens is 288 g/mol. The molecule has 1 aliphatic rings. The molecule has 1 aromatic heterocycles. The van der Waals surface area contributed by atoms with E-state index in [4.69, 9.17) is 4.98 Å². The summed E-state index contributed by atoms with van der Waals surface area (Å²) in [5.74, 6) is 1.12. The number of fused-ring (bicyclic) bond motifs is 1. The molecule has 0 bridgehead atoms. The van der Waals surface area contributed by atoms with E-state index in [0.29, 0.717) is 6.04 Å². The molecule has 0 amide bonds. The zero-order chi connectivity index (χ0) is 12.4. The van der Waals surface area contributed by atoms with Crippen molar-refractivity contribution in [3.05, 3.63) is 36.4 Å². The Labute approximate surface area is 116 Å². The molecule has 3 heteroatoms. The summed E-state index contributed by atoms with van der Waals surface area (Å²) in [4.78, 5) is 7.25. The van der Waals surface area contributed by atoms with Crippen LogP contribution in [0.15, 0.2) is 36.4 Å². The number of pyridine rings is 1. The number of hydrogen-bond donors (Lipinski definition) is 0. The third-order valence-corrected chi connectivity index (χ3v) is 4.43. The Hall–Kier alpha value is -1.09. The number of anilines is 1. The Morgan fingerprint density at radius 1 is 1.17 bits per heavy atom. The third-order valence-electron chi connectivity index (χ3n) is 3.68. The molecule has 1 unspecified atom stereocenters. The van der Waals surface area contributed by atoms with Gasteiger partial charge in [-0.05, 0) is 37.5 Å². The predicted molar refractivity (Wildman–Crippen MR) is 80.5 cm³/mol. The van der Waals surface area contributed by atoms with Gasteiger partial charge < -0.3 is 4.90 Å². The third kappa shape index (κ3) is 2.24. The van der Waals surface area contributed by atoms with Gasteiger partial charge in [-0.3, -0.25) is 0 Å². The van der Waals surface area contributed by atoms with Crippen molar-refractivity contribution in [2.24, 2.45) is 0 Å². The lowest BCUT2D eigenvalue weighted by molar-refractivity contribution is 0.488. The molecule has 0 spiro atoms. The van der Waals surface area contributed by atoms with Crippen LogP contribution in [0.1, 0.15) is 19.3 Å². The zero-order valence-corrected chi connectivity index (χ0v) is 11.9. The number of para-hydroxylation sites is 1. The summed E-state index contributed by atoms with van der Waals surface area (Å²) in [6, 6.07) is 13.2. The molecule has 3 rings (SSSR count). The molecule has 0 aliphatic carbocycles. The highest BCUT2D eigenvalue weighted by Crippen LogP contribution is 2.26. The van der Waals surface area contributed by atoms with E-state index < -0.39 is 0 Å². The summed E-state index contributed by atoms with van der Waals surface area (Å²) in [5.41, 5.74) is 1.09. The average Bonchev–Trinajstić information content (AvgIpc) is 2.46. The topological polar surface area (TPSA) is 16.1 Å². The molecule has 2 aromatic rings. The van der Waals surface area contributed by atoms with Gasteiger partial charge in [0, 0.05) is 23.3 Å². The van der Waals surface area contributed by atoms with Gasteiger partial charge in [-0.1, -0.05) is 34.1 Å². The summed E-state index contributed by atoms with van der Waals surface area (Å²) in [7, 11) is 0. The van der Waals surface area contributed by atoms with Crippen LogP contribution < -0.4 is 4.90 Å². The number of alkyl halides is 1. The van der Waals surface area contributed by atoms with Crippen LogP contribution in [0.3, 0.4) is 0 Å². The Balaban J connectivity index is 1.97. The van der Waals surface area contributed by atoms with E-state index in [0.717, 1.165) is 23.2 Å². The van der Waals surface area contributed by atoms with Crippen LogP contribution in [0.4, 0.5) is 5.82 Å². The molecule has 2 heterocycles. The maximum Gasteiger partial charge on any atom is 0.129 e. The summed E-state index contributed by atoms with van der Waals surface area (Å²) < 4.78 is 0. The first-order valence-electron chi connectivity index (χ1n) is 6.57. The summed E-state index contributed by atoms with van der Waals surface area (Å²) in [5, 5.41) is 2.25. The number of benzene rings is 1. The van der Waals surface area contributed by atoms with Gasteiger partial charge in [0.25, 0.3) is 0 Å². The lowest BCUT2D eigenvalue weighted by Crippen LogP contribution is -2.41. The largest absolute Gasteiger partial charge is 0.353 e. The SMILES string of the molecule is BrCC1CCCCN1c1ccc2ccccc2n1. The van der Waals surface area contributed by atoms with Crippen molar-refractivity contribution in [3.8, 4) is 0 Å². The van der Waals surface area contributed by atoms with E-state index in [9.17, 15) is 0 Å². The van der Waals surface area contributed by atoms with Crippen molar-refractivity contribution < 1.29 is 0 Å². The highest BCUT2D eigenvalue weighted by atomic mass is 79.9. The molecule has 0 N–H and O–H groups in total. The number of piperidine rings is 1. The molecule has 1 aromatic carbocycles. The maximum absolute atomic E-state index is 4.80. The second-order valence-electron chi connectivity index (χ2n) is 4.86. The lowest BCUT2D eigenvalue weighted by Gasteiger charge is -2.35. The van der Waals surface area contributed by atoms with Crippen LogP contribution in [0, 0.1) is 0 Å². The van der Waals surface area contributed by atoms with Crippen molar-refractivity contribution >= 4 is 32.7 Å². The van der Waals surface area contributed by atoms with Crippen LogP contribution in [0.5, 0.6) is 0 Å². The molecule has 1 saturated heterocycles. The monoisotopic (exact) mass is 304 g/mol. The molecule has 1 aliphatic heterocycles. The number of rotatable bonds is 2. The van der Waals surface area contributed by atoms with Crippen LogP contribution >= 0.6 is 15.9 Å². The minimum absolute atomic E-state index is 0.590. The number of hydrogen-bond acceptors (Lipinski definition) is 2. The van der Waals surface area contributed by atoms with E-state index >= 15 is 0 Å². The zero-order valence-electron chi connectivity index (χ0n) is 10.3. The van der Waals surface area contributed by atoms with Crippen molar-refractivity contribution in [3.63, 3.8) is 0 Å². The van der Waals surface area contributed by atoms with Crippen molar-refractivity contribution in [1.29, 1.82) is 0 Å². The highest BCUT2D eigenvalue weighted by molar-refractivity contribution is 9.09. The Morgan fingerprint density at radius 3 is 2.94 bits per heavy atom. The highest BCUT2D eigenvalue weighted by Gasteiger charge is 2.22. The van der Waals surface area contributed by atoms with Crippen molar-refractivity contribution in [2.45, 2.75) is 25.3 Å². The van der Waals surface area contributed by atoms with Gasteiger partial charge in [0.2, 0.25) is 0 Å². The van der Waals surface area contributed by atoms with E-state index in [1.165, 1.54) is 24.6 Å². The standard InChI is InChI=1S/C15H17BrN2/c16-11-13-6-3-4-10-18(13)15-9-8-12-5-1-2-7-14(12)17-15/h1-2,5,7-9,13H,3-4,6,10-11H2. The first kappa shape index (κ1) is 12.0. The normalized spacial score (nSPS) is 20.3. The van der Waals surface area contributed by atoms with Gasteiger partial charge in [-0.25, -0.2) is 4.98 Å². The second kappa shape index (κ2) is 5.27. The molecule has 2 nitrogen and oxygen atoms in total. The summed E-state index contributed by atoms with van der Waals surface area (Å²) >= 11 is 3.63. The molecule has 18 heavy (non-hydrogen) atoms. The molecule has 94 valence electrons. The fourth-order valence-corrected chi connectivity index (χ4v) is 3.35. The minimum atomic E-state index is 0.590. The summed E-state index contributed by atoms with van der Waals surface area (Å²) in [6.07, 6.45) is 3.87. The van der Waals surface area contributed by atoms with Gasteiger partial charge in [0.1, 0.15) is 5.82 Å². The average molecular weight is 305 g/mol. The van der Waals surface area contributed by atoms with Crippen molar-refractivity contribution in [2.75, 3.05) is 16.8 Å². The van der Waals surface area contributed by atoms with E-state index in [2.05, 4.69) is 57.2 Å². The molecule has 0 radical (unpaired) electrons. The van der Waals surface area contributed by atoms with E-state index in [1.54, 1.807) is 0 Å². The fourth-order valence-electron chi connectivity index (χ4n) is 2.68. The molecule has 1 atom stereocenters. The summed E-state index contributed by atoms with van der Waals surface area (Å²) in [6.45, 7) is 1.13. The molecular formula is C15H17BrN2. The number of nitrogens with zero attached hydrogens (tertiary/aromatic N) is 2. The Bertz CT molecular complexity index is 541. The van der Waals surface area contributed by atoms with Crippen LogP contribution in [0.25, 0.3) is 10.9 Å². The van der Waals surface area contributed by atoms with Gasteiger partial charge in [-0.15, -0.1) is 0 Å². The van der Waals surface area contributed by atoms with Crippen LogP contribution in [-0.4, -0.2) is 22.9 Å². The number of halogens is 1. The fraction of sp³-hybridized carbons (Fsp3) is 0.400. The maximum atomic E-state index is 4.80. The minimum Gasteiger partial charge on any atom is -0.353 e. The molecule has 0 saturated carbocycles. The lowest BCUT2D eigenvalue weighted by atomic mass is 10.0. The van der Waals surface area contributed by atoms with Gasteiger partial charge in [-0.2, -0.15) is 0 Å². The second-order valence-corrected chi connectivity index (χ2v) is 5.51. The number of aromatic nitrogens is 1. The van der Waals surface area contributed by atoms with E-state index in [-0.39, 0.29) is 0 Å². The smallest absolute Gasteiger partial charge is 0.129 e. The Kier molecular flexibility index (Phi) is 3.50. The first-order chi connectivity index (χ1) is 8.88. The van der Waals surface area contributed by atoms with Crippen LogP contribution in [-0.2, 0) is 0 Å².